The summed E-state index contributed by atoms with van der Waals surface area (Å²) in [6.07, 6.45) is 6.63. The molecule has 0 radical (unpaired) electrons. The van der Waals surface area contributed by atoms with Crippen LogP contribution in [0.25, 0.3) is 0 Å². The largest absolute Gasteiger partial charge is 0.458 e. The minimum absolute atomic E-state index is 0.0954. The Morgan fingerprint density at radius 1 is 1.15 bits per heavy atom. The first-order chi connectivity index (χ1) is 12.5. The minimum Gasteiger partial charge on any atom is -0.458 e. The van der Waals surface area contributed by atoms with Crippen LogP contribution in [0.1, 0.15) is 23.7 Å². The van der Waals surface area contributed by atoms with Crippen LogP contribution in [0.2, 0.25) is 0 Å². The van der Waals surface area contributed by atoms with Crippen molar-refractivity contribution in [2.24, 2.45) is 23.7 Å². The summed E-state index contributed by atoms with van der Waals surface area (Å²) in [5.41, 5.74) is 0.859. The van der Waals surface area contributed by atoms with Crippen molar-refractivity contribution in [3.63, 3.8) is 0 Å². The predicted molar refractivity (Wildman–Crippen MR) is 96.5 cm³/mol. The van der Waals surface area contributed by atoms with E-state index in [1.807, 2.05) is 0 Å². The van der Waals surface area contributed by atoms with E-state index in [-0.39, 0.29) is 42.1 Å². The lowest BCUT2D eigenvalue weighted by molar-refractivity contribution is -0.123. The third kappa shape index (κ3) is 2.67. The normalized spacial score (nSPS) is 29.5. The molecule has 4 atom stereocenters. The Hall–Kier alpha value is -2.40. The van der Waals surface area contributed by atoms with Crippen LogP contribution in [-0.2, 0) is 14.3 Å². The number of amides is 2. The first-order valence-electron chi connectivity index (χ1n) is 8.63. The lowest BCUT2D eigenvalue weighted by atomic mass is 9.85. The quantitative estimate of drug-likeness (QED) is 0.463. The lowest BCUT2D eigenvalue weighted by Gasteiger charge is -2.17. The van der Waals surface area contributed by atoms with Crippen molar-refractivity contribution >= 4 is 35.1 Å². The number of carbonyl (C=O) groups is 3. The van der Waals surface area contributed by atoms with Gasteiger partial charge in [-0.15, -0.1) is 0 Å². The fourth-order valence-electron chi connectivity index (χ4n) is 4.22. The van der Waals surface area contributed by atoms with Crippen LogP contribution in [-0.4, -0.2) is 24.4 Å². The van der Waals surface area contributed by atoms with E-state index in [9.17, 15) is 14.4 Å². The van der Waals surface area contributed by atoms with Crippen molar-refractivity contribution in [2.45, 2.75) is 13.3 Å². The van der Waals surface area contributed by atoms with Crippen molar-refractivity contribution in [3.05, 3.63) is 53.1 Å². The van der Waals surface area contributed by atoms with E-state index in [0.717, 1.165) is 6.42 Å². The van der Waals surface area contributed by atoms with Crippen LogP contribution in [0.5, 0.6) is 0 Å². The van der Waals surface area contributed by atoms with Crippen LogP contribution >= 0.6 is 11.6 Å². The van der Waals surface area contributed by atoms with Crippen molar-refractivity contribution in [2.75, 3.05) is 11.5 Å². The fourth-order valence-corrected chi connectivity index (χ4v) is 4.28. The van der Waals surface area contributed by atoms with Crippen LogP contribution in [0.15, 0.2) is 47.5 Å². The van der Waals surface area contributed by atoms with Crippen molar-refractivity contribution in [1.82, 2.24) is 0 Å². The predicted octanol–water partition coefficient (Wildman–Crippen LogP) is 3.30. The van der Waals surface area contributed by atoms with Gasteiger partial charge in [0, 0.05) is 5.03 Å². The van der Waals surface area contributed by atoms with Gasteiger partial charge in [0.15, 0.2) is 0 Å². The molecule has 5 nitrogen and oxygen atoms in total. The summed E-state index contributed by atoms with van der Waals surface area (Å²) >= 11 is 5.69. The molecule has 1 saturated carbocycles. The molecule has 1 aliphatic heterocycles. The standard InChI is InChI=1S/C20H18ClNO4/c1-11(21)8-9-26-20(25)12-4-6-15(7-5-12)22-18(23)16-13-2-3-14(10-13)17(16)19(22)24/h2-8,13-14,16-17H,9-10H2,1H3/b11-8-/t13-,14-,16-,17-/m0/s1. The number of hydrogen-bond donors (Lipinski definition) is 0. The second-order valence-electron chi connectivity index (χ2n) is 6.95. The highest BCUT2D eigenvalue weighted by molar-refractivity contribution is 6.29. The number of allylic oxidation sites excluding steroid dienone is 3. The summed E-state index contributed by atoms with van der Waals surface area (Å²) in [4.78, 5) is 38.8. The van der Waals surface area contributed by atoms with Gasteiger partial charge in [0.05, 0.1) is 23.1 Å². The first kappa shape index (κ1) is 17.0. The third-order valence-electron chi connectivity index (χ3n) is 5.41. The molecule has 0 aromatic heterocycles. The van der Waals surface area contributed by atoms with Gasteiger partial charge in [-0.25, -0.2) is 4.79 Å². The van der Waals surface area contributed by atoms with E-state index in [1.54, 1.807) is 37.3 Å². The van der Waals surface area contributed by atoms with Gasteiger partial charge < -0.3 is 4.74 Å². The molecule has 1 heterocycles. The van der Waals surface area contributed by atoms with Gasteiger partial charge in [0.25, 0.3) is 0 Å². The summed E-state index contributed by atoms with van der Waals surface area (Å²) in [6, 6.07) is 6.36. The molecule has 0 spiro atoms. The van der Waals surface area contributed by atoms with Gasteiger partial charge in [-0.05, 0) is 55.5 Å². The van der Waals surface area contributed by atoms with Crippen molar-refractivity contribution in [1.29, 1.82) is 0 Å². The number of anilines is 1. The number of nitrogens with zero attached hydrogens (tertiary/aromatic N) is 1. The minimum atomic E-state index is -0.482. The average Bonchev–Trinajstić information content (AvgIpc) is 3.29. The molecule has 0 unspecified atom stereocenters. The SMILES string of the molecule is C/C(Cl)=C/COC(=O)c1ccc(N2C(=O)[C@@H]3[C@@H](C2=O)[C@H]2C=C[C@H]3C2)cc1. The van der Waals surface area contributed by atoms with Crippen LogP contribution in [0.3, 0.4) is 0 Å². The number of halogens is 1. The molecular weight excluding hydrogens is 354 g/mol. The van der Waals surface area contributed by atoms with Gasteiger partial charge in [0.1, 0.15) is 6.61 Å². The molecular formula is C20H18ClNO4. The first-order valence-corrected chi connectivity index (χ1v) is 9.01. The van der Waals surface area contributed by atoms with Crippen LogP contribution < -0.4 is 4.90 Å². The van der Waals surface area contributed by atoms with Gasteiger partial charge in [-0.3, -0.25) is 14.5 Å². The highest BCUT2D eigenvalue weighted by Crippen LogP contribution is 2.53. The summed E-state index contributed by atoms with van der Waals surface area (Å²) < 4.78 is 5.09. The van der Waals surface area contributed by atoms with Gasteiger partial charge >= 0.3 is 5.97 Å². The molecule has 3 aliphatic rings. The van der Waals surface area contributed by atoms with E-state index < -0.39 is 5.97 Å². The van der Waals surface area contributed by atoms with Crippen LogP contribution in [0.4, 0.5) is 5.69 Å². The molecule has 1 aromatic rings. The molecule has 4 rings (SSSR count). The molecule has 1 saturated heterocycles. The number of imide groups is 1. The van der Waals surface area contributed by atoms with E-state index in [1.165, 1.54) is 4.90 Å². The third-order valence-corrected chi connectivity index (χ3v) is 5.56. The number of esters is 1. The number of benzene rings is 1. The van der Waals surface area contributed by atoms with Crippen molar-refractivity contribution < 1.29 is 19.1 Å². The summed E-state index contributed by atoms with van der Waals surface area (Å²) in [6.45, 7) is 1.80. The molecule has 2 fully saturated rings. The summed E-state index contributed by atoms with van der Waals surface area (Å²) in [5, 5.41) is 0.549. The Balaban J connectivity index is 1.49. The number of hydrogen-bond acceptors (Lipinski definition) is 4. The average molecular weight is 372 g/mol. The Morgan fingerprint density at radius 3 is 2.27 bits per heavy atom. The highest BCUT2D eigenvalue weighted by atomic mass is 35.5. The fraction of sp³-hybridized carbons (Fsp3) is 0.350. The Kier molecular flexibility index (Phi) is 4.19. The second-order valence-corrected chi connectivity index (χ2v) is 7.54. The molecule has 2 bridgehead atoms. The maximum atomic E-state index is 12.8. The molecule has 6 heteroatoms. The van der Waals surface area contributed by atoms with Gasteiger partial charge in [-0.1, -0.05) is 23.8 Å². The highest BCUT2D eigenvalue weighted by Gasteiger charge is 2.59. The zero-order chi connectivity index (χ0) is 18.4. The summed E-state index contributed by atoms with van der Waals surface area (Å²) in [7, 11) is 0. The zero-order valence-corrected chi connectivity index (χ0v) is 15.0. The second kappa shape index (κ2) is 6.40. The number of ether oxygens (including phenoxy) is 1. The Bertz CT molecular complexity index is 808. The number of rotatable bonds is 4. The molecule has 26 heavy (non-hydrogen) atoms. The topological polar surface area (TPSA) is 63.7 Å². The van der Waals surface area contributed by atoms with Crippen LogP contribution in [0, 0.1) is 23.7 Å². The van der Waals surface area contributed by atoms with E-state index in [2.05, 4.69) is 12.2 Å². The lowest BCUT2D eigenvalue weighted by Crippen LogP contribution is -2.32. The maximum Gasteiger partial charge on any atom is 0.338 e. The van der Waals surface area contributed by atoms with E-state index in [4.69, 9.17) is 16.3 Å². The molecule has 2 amide bonds. The Morgan fingerprint density at radius 2 is 1.73 bits per heavy atom. The molecule has 134 valence electrons. The summed E-state index contributed by atoms with van der Waals surface area (Å²) in [5.74, 6) is -0.840. The smallest absolute Gasteiger partial charge is 0.338 e. The number of fused-ring (bicyclic) bond motifs is 5. The molecule has 0 N–H and O–H groups in total. The Labute approximate surface area is 156 Å². The van der Waals surface area contributed by atoms with Gasteiger partial charge in [0.2, 0.25) is 11.8 Å². The number of carbonyl (C=O) groups excluding carboxylic acids is 3. The van der Waals surface area contributed by atoms with Crippen molar-refractivity contribution in [3.8, 4) is 0 Å². The maximum absolute atomic E-state index is 12.8. The monoisotopic (exact) mass is 371 g/mol. The molecule has 2 aliphatic carbocycles. The van der Waals surface area contributed by atoms with E-state index >= 15 is 0 Å². The zero-order valence-electron chi connectivity index (χ0n) is 14.2. The van der Waals surface area contributed by atoms with E-state index in [0.29, 0.717) is 16.3 Å². The van der Waals surface area contributed by atoms with Gasteiger partial charge in [-0.2, -0.15) is 0 Å². The molecule has 1 aromatic carbocycles.